The van der Waals surface area contributed by atoms with Crippen molar-refractivity contribution in [2.24, 2.45) is 71.0 Å². The summed E-state index contributed by atoms with van der Waals surface area (Å²) in [6.07, 6.45) is 22.2. The minimum Gasteiger partial charge on any atom is -0.550 e. The largest absolute Gasteiger partial charge is 0.550 e. The van der Waals surface area contributed by atoms with Crippen molar-refractivity contribution < 1.29 is 131 Å². The van der Waals surface area contributed by atoms with E-state index < -0.39 is 167 Å². The van der Waals surface area contributed by atoms with Crippen molar-refractivity contribution in [2.75, 3.05) is 152 Å². The number of piperazine rings is 4. The SMILES string of the molecule is C.C.CC(C)(C)OC(=O)N1CCN(C(=O)C2C(C(=O)O)[C@H]3C=C[C@@H]2O3)CC1.CCN1CCN(C(=O)C2C(C(=O)[O-])[C@H]3C=C[C@@H]2O3)CC1.COC(=O)C1C(C(=O)N2CCCCC2)[C@@H]2C=C[C@H]1O2.C[NH+]1CCN(C(=O)C2C(C(=O)[O-])[C@H]3C=C[C@@H]2O3)CC1.O=C([O-])C1C(C(=O)N2CCCCC2)[C@@H]2C=C[C@H]1O2.O=C([O-])C1C(C(=O)N2CCN(Cc3ccccc3)CC2)[C@@H]2C=C[C@H]1O2. The number of nitrogens with zero attached hydrogens (tertiary/aromatic N) is 9. The van der Waals surface area contributed by atoms with Crippen LogP contribution in [0.5, 0.6) is 0 Å². The average molecular weight is 1790 g/mol. The van der Waals surface area contributed by atoms with E-state index in [1.807, 2.05) is 35.3 Å². The highest BCUT2D eigenvalue weighted by molar-refractivity contribution is 5.91. The normalized spacial score (nSPS) is 34.4. The molecule has 7 amide bonds. The Labute approximate surface area is 746 Å². The molecule has 1 aromatic rings. The number of methoxy groups -OCH3 is 1. The number of fused-ring (bicyclic) bond motifs is 12. The zero-order chi connectivity index (χ0) is 89.7. The van der Waals surface area contributed by atoms with Gasteiger partial charge in [0.2, 0.25) is 35.4 Å². The summed E-state index contributed by atoms with van der Waals surface area (Å²) in [4.78, 5) is 175. The second-order valence-corrected chi connectivity index (χ2v) is 36.3. The molecule has 0 saturated carbocycles. The molecule has 0 radical (unpaired) electrons. The molecule has 128 heavy (non-hydrogen) atoms. The van der Waals surface area contributed by atoms with Gasteiger partial charge in [0.25, 0.3) is 0 Å². The first kappa shape index (κ1) is 97.3. The van der Waals surface area contributed by atoms with Gasteiger partial charge in [-0.1, -0.05) is 125 Å². The molecule has 36 heteroatoms. The number of hydrogen-bond acceptors (Lipinski definition) is 27. The van der Waals surface area contributed by atoms with Gasteiger partial charge >= 0.3 is 18.0 Å². The first-order valence-corrected chi connectivity index (χ1v) is 44.6. The molecule has 702 valence electrons. The van der Waals surface area contributed by atoms with Crippen LogP contribution < -0.4 is 25.3 Å². The van der Waals surface area contributed by atoms with E-state index in [-0.39, 0.29) is 74.6 Å². The lowest BCUT2D eigenvalue weighted by molar-refractivity contribution is -0.883. The van der Waals surface area contributed by atoms with Crippen LogP contribution in [0.2, 0.25) is 0 Å². The molecule has 12 unspecified atom stereocenters. The van der Waals surface area contributed by atoms with E-state index in [2.05, 4.69) is 35.9 Å². The van der Waals surface area contributed by atoms with Gasteiger partial charge in [0.1, 0.15) is 17.4 Å². The molecule has 18 heterocycles. The molecule has 24 atom stereocenters. The summed E-state index contributed by atoms with van der Waals surface area (Å²) in [5.74, 6) is -14.9. The first-order valence-electron chi connectivity index (χ1n) is 44.6. The molecule has 0 aliphatic carbocycles. The molecule has 12 fully saturated rings. The van der Waals surface area contributed by atoms with Crippen molar-refractivity contribution in [2.45, 2.75) is 166 Å². The number of benzene rings is 1. The van der Waals surface area contributed by atoms with Gasteiger partial charge in [0.05, 0.1) is 149 Å². The number of quaternary nitrogens is 1. The van der Waals surface area contributed by atoms with Gasteiger partial charge in [-0.3, -0.25) is 43.3 Å². The van der Waals surface area contributed by atoms with Crippen molar-refractivity contribution in [3.63, 3.8) is 0 Å². The summed E-state index contributed by atoms with van der Waals surface area (Å²) in [6.45, 7) is 22.8. The number of carbonyl (C=O) groups excluding carboxylic acids is 12. The fourth-order valence-corrected chi connectivity index (χ4v) is 20.7. The molecular weight excluding hydrogens is 1660 g/mol. The number of carboxylic acid groups (broad SMARTS) is 5. The number of carbonyl (C=O) groups is 13. The Hall–Kier alpha value is -9.79. The number of amides is 7. The molecule has 0 spiro atoms. The van der Waals surface area contributed by atoms with E-state index in [1.54, 1.807) is 111 Å². The summed E-state index contributed by atoms with van der Waals surface area (Å²) in [5, 5.41) is 54.6. The zero-order valence-electron chi connectivity index (χ0n) is 72.1. The first-order chi connectivity index (χ1) is 60.4. The standard InChI is InChI=1S/C19H22N2O4.C17H24N2O6.C14H20N2O4.C14H19NO4.C13H18N2O4.C13H17NO4.2CH4/c22-18(16-14-6-7-15(25-14)17(16)19(23)24)21-10-8-20(9-11-21)12-13-4-2-1-3-5-13;1-17(2,3)25-16(23)19-8-6-18(7-9-19)14(20)12-10-4-5-11(24-10)13(12)15(21)22;1-2-15-5-7-16(8-6-15)13(17)11-9-3-4-10(20-9)12(11)14(18)19;1-18-14(17)12-10-6-5-9(19-10)11(12)13(16)15-7-3-2-4-8-15;1-14-4-6-15(7-5-14)12(16)10-8-2-3-9(19-8)11(10)13(17)18;15-12(14-6-2-1-3-7-14)10-8-4-5-9(18-8)11(10)13(16)17;;/h1-7,14-17H,8-12H2,(H,23,24);4-5,10-13H,6-9H2,1-3H3,(H,21,22);3-4,9-12H,2,5-8H2,1H3,(H,18,19);5-6,9-12H,2-4,7-8H2,1H3;2-3,8-11H,4-7H2,1H3,(H,17,18);4-5,8-11H,1-3,6-7H2,(H,16,17);2*1H4/p-3/t14-,15+,16?,17?;10-,11+,12?,13?;2*9-,10+,11?,12?;2*8-,9+,10?,11?;;/m000000../s1. The van der Waals surface area contributed by atoms with Crippen LogP contribution in [0.3, 0.4) is 0 Å². The lowest BCUT2D eigenvalue weighted by Gasteiger charge is -2.37. The smallest absolute Gasteiger partial charge is 0.410 e. The van der Waals surface area contributed by atoms with Gasteiger partial charge in [-0.25, -0.2) is 4.79 Å². The molecule has 18 aliphatic heterocycles. The second-order valence-electron chi connectivity index (χ2n) is 36.3. The van der Waals surface area contributed by atoms with Gasteiger partial charge in [0.15, 0.2) is 0 Å². The lowest BCUT2D eigenvalue weighted by atomic mass is 9.81. The number of hydrogen-bond donors (Lipinski definition) is 2. The van der Waals surface area contributed by atoms with Crippen molar-refractivity contribution in [3.05, 3.63) is 109 Å². The number of rotatable bonds is 15. The Morgan fingerprint density at radius 2 is 0.617 bits per heavy atom. The molecule has 2 N–H and O–H groups in total. The minimum absolute atomic E-state index is 0. The number of piperidine rings is 2. The van der Waals surface area contributed by atoms with E-state index in [1.165, 1.54) is 24.0 Å². The van der Waals surface area contributed by atoms with Crippen LogP contribution in [0.1, 0.15) is 86.6 Å². The fourth-order valence-electron chi connectivity index (χ4n) is 20.7. The highest BCUT2D eigenvalue weighted by Crippen LogP contribution is 2.46. The van der Waals surface area contributed by atoms with Crippen LogP contribution >= 0.6 is 0 Å². The summed E-state index contributed by atoms with van der Waals surface area (Å²) >= 11 is 0. The molecule has 12 saturated heterocycles. The Morgan fingerprint density at radius 1 is 0.359 bits per heavy atom. The average Bonchev–Trinajstić information content (AvgIpc) is 1.65. The Kier molecular flexibility index (Phi) is 32.2. The van der Waals surface area contributed by atoms with Crippen LogP contribution in [0.25, 0.3) is 0 Å². The van der Waals surface area contributed by atoms with Crippen LogP contribution in [-0.4, -0.2) is 357 Å². The van der Waals surface area contributed by atoms with Crippen LogP contribution in [-0.2, 0) is 102 Å². The maximum atomic E-state index is 12.9. The molecular formula is C92H125N10O26-3. The summed E-state index contributed by atoms with van der Waals surface area (Å²) in [5.41, 5.74) is 0.692. The Balaban J connectivity index is 0.000000140. The van der Waals surface area contributed by atoms with Crippen LogP contribution in [0.15, 0.2) is 103 Å². The van der Waals surface area contributed by atoms with Crippen molar-refractivity contribution in [1.82, 2.24) is 44.1 Å². The van der Waals surface area contributed by atoms with E-state index in [0.29, 0.717) is 65.4 Å². The topological polar surface area (TPSA) is 442 Å². The third-order valence-corrected chi connectivity index (χ3v) is 27.5. The van der Waals surface area contributed by atoms with Crippen LogP contribution in [0.4, 0.5) is 4.79 Å². The predicted octanol–water partition coefficient (Wildman–Crippen LogP) is -3.16. The molecule has 1 aromatic carbocycles. The van der Waals surface area contributed by atoms with Crippen molar-refractivity contribution >= 4 is 77.4 Å². The number of carboxylic acids is 5. The Morgan fingerprint density at radius 3 is 0.914 bits per heavy atom. The number of likely N-dealkylation sites (tertiary alicyclic amines) is 2. The number of ether oxygens (including phenoxy) is 8. The molecule has 0 aromatic heterocycles. The number of esters is 1. The van der Waals surface area contributed by atoms with Crippen molar-refractivity contribution in [1.29, 1.82) is 0 Å². The monoisotopic (exact) mass is 1790 g/mol. The summed E-state index contributed by atoms with van der Waals surface area (Å²) < 4.78 is 43.5. The lowest BCUT2D eigenvalue weighted by Crippen LogP contribution is -3.12. The molecule has 19 rings (SSSR count). The van der Waals surface area contributed by atoms with Gasteiger partial charge in [-0.2, -0.15) is 0 Å². The third kappa shape index (κ3) is 21.3. The maximum absolute atomic E-state index is 12.9. The second kappa shape index (κ2) is 42.4. The summed E-state index contributed by atoms with van der Waals surface area (Å²) in [6, 6.07) is 10.2. The van der Waals surface area contributed by atoms with Gasteiger partial charge in [-0.05, 0) is 71.4 Å². The Bertz CT molecular complexity index is 4360. The predicted molar refractivity (Wildman–Crippen MR) is 447 cm³/mol. The molecule has 12 bridgehead atoms. The van der Waals surface area contributed by atoms with Gasteiger partial charge in [-0.15, -0.1) is 0 Å². The van der Waals surface area contributed by atoms with E-state index in [4.69, 9.17) is 37.9 Å². The van der Waals surface area contributed by atoms with E-state index in [9.17, 15) is 87.9 Å². The van der Waals surface area contributed by atoms with Gasteiger partial charge in [0, 0.05) is 159 Å². The van der Waals surface area contributed by atoms with Crippen molar-refractivity contribution in [3.8, 4) is 0 Å². The summed E-state index contributed by atoms with van der Waals surface area (Å²) in [7, 11) is 3.45. The van der Waals surface area contributed by atoms with E-state index >= 15 is 0 Å². The van der Waals surface area contributed by atoms with Crippen LogP contribution in [0, 0.1) is 71.0 Å². The minimum atomic E-state index is -1.20. The third-order valence-electron chi connectivity index (χ3n) is 27.5. The fraction of sp³-hybridized carbons (Fsp3) is 0.663. The number of aliphatic carboxylic acids is 5. The number of likely N-dealkylation sites (N-methyl/N-ethyl adjacent to an activating group) is 2. The number of nitrogens with one attached hydrogen (secondary N) is 1. The van der Waals surface area contributed by atoms with E-state index in [0.717, 1.165) is 111 Å². The highest BCUT2D eigenvalue weighted by Gasteiger charge is 2.59. The zero-order valence-corrected chi connectivity index (χ0v) is 72.1. The van der Waals surface area contributed by atoms with Gasteiger partial charge < -0.3 is 127 Å². The molecule has 18 aliphatic rings. The molecule has 36 nitrogen and oxygen atoms in total. The maximum Gasteiger partial charge on any atom is 0.410 e. The highest BCUT2D eigenvalue weighted by atomic mass is 16.6. The quantitative estimate of drug-likeness (QED) is 0.129.